The van der Waals surface area contributed by atoms with E-state index < -0.39 is 0 Å². The van der Waals surface area contributed by atoms with Crippen LogP contribution >= 0.6 is 0 Å². The Morgan fingerprint density at radius 1 is 1.38 bits per heavy atom. The molecule has 1 atom stereocenters. The summed E-state index contributed by atoms with van der Waals surface area (Å²) >= 11 is 0. The van der Waals surface area contributed by atoms with E-state index in [9.17, 15) is 4.79 Å². The molecule has 112 valence electrons. The summed E-state index contributed by atoms with van der Waals surface area (Å²) in [5.41, 5.74) is 6.70. The van der Waals surface area contributed by atoms with E-state index in [0.29, 0.717) is 17.3 Å². The van der Waals surface area contributed by atoms with Crippen molar-refractivity contribution < 1.29 is 13.9 Å². The smallest absolute Gasteiger partial charge is 0.277 e. The van der Waals surface area contributed by atoms with Crippen LogP contribution in [-0.4, -0.2) is 18.0 Å². The van der Waals surface area contributed by atoms with Crippen molar-refractivity contribution in [2.45, 2.75) is 19.9 Å². The lowest BCUT2D eigenvalue weighted by Crippen LogP contribution is -2.18. The van der Waals surface area contributed by atoms with Gasteiger partial charge in [0.05, 0.1) is 18.8 Å². The molecule has 1 aromatic carbocycles. The molecule has 1 amide bonds. The molecule has 0 saturated carbocycles. The molecule has 2 aromatic rings. The highest BCUT2D eigenvalue weighted by Gasteiger charge is 2.20. The van der Waals surface area contributed by atoms with Crippen LogP contribution in [0.3, 0.4) is 0 Å². The fourth-order valence-corrected chi connectivity index (χ4v) is 1.76. The Labute approximate surface area is 123 Å². The number of ether oxygens (including phenoxy) is 1. The van der Waals surface area contributed by atoms with Gasteiger partial charge in [0.2, 0.25) is 5.89 Å². The van der Waals surface area contributed by atoms with Crippen molar-refractivity contribution in [2.24, 2.45) is 11.7 Å². The molecule has 1 unspecified atom stereocenters. The van der Waals surface area contributed by atoms with Gasteiger partial charge in [-0.25, -0.2) is 4.98 Å². The maximum absolute atomic E-state index is 12.2. The Balaban J connectivity index is 2.14. The van der Waals surface area contributed by atoms with Crippen LogP contribution in [0.5, 0.6) is 5.75 Å². The van der Waals surface area contributed by atoms with Gasteiger partial charge >= 0.3 is 0 Å². The summed E-state index contributed by atoms with van der Waals surface area (Å²) in [7, 11) is 1.54. The van der Waals surface area contributed by atoms with Crippen LogP contribution in [0, 0.1) is 5.92 Å². The van der Waals surface area contributed by atoms with Crippen molar-refractivity contribution in [1.82, 2.24) is 4.98 Å². The van der Waals surface area contributed by atoms with Crippen LogP contribution < -0.4 is 15.8 Å². The number of benzene rings is 1. The number of hydrogen-bond donors (Lipinski definition) is 2. The monoisotopic (exact) mass is 289 g/mol. The summed E-state index contributed by atoms with van der Waals surface area (Å²) in [5, 5.41) is 2.73. The van der Waals surface area contributed by atoms with Crippen LogP contribution in [0.1, 0.15) is 36.3 Å². The van der Waals surface area contributed by atoms with Crippen LogP contribution in [0.2, 0.25) is 0 Å². The predicted molar refractivity (Wildman–Crippen MR) is 79.2 cm³/mol. The first kappa shape index (κ1) is 15.1. The first-order chi connectivity index (χ1) is 10.0. The summed E-state index contributed by atoms with van der Waals surface area (Å²) in [6.07, 6.45) is 1.31. The average Bonchev–Trinajstić information content (AvgIpc) is 2.96. The number of carbonyl (C=O) groups is 1. The third kappa shape index (κ3) is 3.41. The lowest BCUT2D eigenvalue weighted by molar-refractivity contribution is 0.102. The molecule has 0 aliphatic rings. The third-order valence-corrected chi connectivity index (χ3v) is 3.11. The number of hydrogen-bond acceptors (Lipinski definition) is 5. The molecule has 6 nitrogen and oxygen atoms in total. The summed E-state index contributed by atoms with van der Waals surface area (Å²) in [6.45, 7) is 3.92. The van der Waals surface area contributed by atoms with Gasteiger partial charge in [-0.05, 0) is 18.1 Å². The van der Waals surface area contributed by atoms with Crippen molar-refractivity contribution in [3.05, 3.63) is 42.1 Å². The maximum atomic E-state index is 12.2. The third-order valence-electron chi connectivity index (χ3n) is 3.11. The molecule has 0 radical (unpaired) electrons. The Morgan fingerprint density at radius 2 is 2.10 bits per heavy atom. The zero-order valence-corrected chi connectivity index (χ0v) is 12.3. The molecular formula is C15H19N3O3. The van der Waals surface area contributed by atoms with Gasteiger partial charge in [0.1, 0.15) is 12.0 Å². The predicted octanol–water partition coefficient (Wildman–Crippen LogP) is 2.59. The molecule has 21 heavy (non-hydrogen) atoms. The molecule has 0 aliphatic heterocycles. The first-order valence-electron chi connectivity index (χ1n) is 6.68. The van der Waals surface area contributed by atoms with Crippen LogP contribution in [0.25, 0.3) is 0 Å². The van der Waals surface area contributed by atoms with Gasteiger partial charge in [0.25, 0.3) is 5.91 Å². The second-order valence-corrected chi connectivity index (χ2v) is 5.00. The van der Waals surface area contributed by atoms with Gasteiger partial charge in [-0.3, -0.25) is 4.79 Å². The highest BCUT2D eigenvalue weighted by molar-refractivity contribution is 6.03. The number of amides is 1. The van der Waals surface area contributed by atoms with Crippen LogP contribution in [0.4, 0.5) is 5.69 Å². The average molecular weight is 289 g/mol. The standard InChI is InChI=1S/C15H19N3O3/c1-9(2)13(16)15-18-11(8-21-15)14(19)17-10-6-4-5-7-12(10)20-3/h4-9,13H,16H2,1-3H3,(H,17,19). The lowest BCUT2D eigenvalue weighted by atomic mass is 10.1. The summed E-state index contributed by atoms with van der Waals surface area (Å²) < 4.78 is 10.5. The normalized spacial score (nSPS) is 12.2. The van der Waals surface area contributed by atoms with Gasteiger partial charge in [-0.15, -0.1) is 0 Å². The van der Waals surface area contributed by atoms with Gasteiger partial charge < -0.3 is 20.2 Å². The Morgan fingerprint density at radius 3 is 2.76 bits per heavy atom. The van der Waals surface area contributed by atoms with E-state index in [0.717, 1.165) is 0 Å². The highest BCUT2D eigenvalue weighted by Crippen LogP contribution is 2.24. The quantitative estimate of drug-likeness (QED) is 0.883. The topological polar surface area (TPSA) is 90.4 Å². The van der Waals surface area contributed by atoms with Crippen molar-refractivity contribution in [1.29, 1.82) is 0 Å². The van der Waals surface area contributed by atoms with E-state index in [2.05, 4.69) is 10.3 Å². The van der Waals surface area contributed by atoms with E-state index >= 15 is 0 Å². The fourth-order valence-electron chi connectivity index (χ4n) is 1.76. The van der Waals surface area contributed by atoms with Crippen molar-refractivity contribution in [2.75, 3.05) is 12.4 Å². The number of rotatable bonds is 5. The molecular weight excluding hydrogens is 270 g/mol. The van der Waals surface area contributed by atoms with Gasteiger partial charge in [-0.2, -0.15) is 0 Å². The minimum absolute atomic E-state index is 0.175. The summed E-state index contributed by atoms with van der Waals surface area (Å²) in [5.74, 6) is 0.739. The second kappa shape index (κ2) is 6.41. The van der Waals surface area contributed by atoms with E-state index in [1.165, 1.54) is 6.26 Å². The van der Waals surface area contributed by atoms with E-state index in [4.69, 9.17) is 14.9 Å². The number of oxazole rings is 1. The van der Waals surface area contributed by atoms with Crippen LogP contribution in [-0.2, 0) is 0 Å². The Kier molecular flexibility index (Phi) is 4.59. The minimum Gasteiger partial charge on any atom is -0.495 e. The number of nitrogens with zero attached hydrogens (tertiary/aromatic N) is 1. The maximum Gasteiger partial charge on any atom is 0.277 e. The van der Waals surface area contributed by atoms with Gasteiger partial charge in [0.15, 0.2) is 5.69 Å². The van der Waals surface area contributed by atoms with Crippen molar-refractivity contribution in [3.8, 4) is 5.75 Å². The van der Waals surface area contributed by atoms with E-state index in [1.54, 1.807) is 25.3 Å². The first-order valence-corrected chi connectivity index (χ1v) is 6.68. The summed E-state index contributed by atoms with van der Waals surface area (Å²) in [4.78, 5) is 16.3. The minimum atomic E-state index is -0.370. The SMILES string of the molecule is COc1ccccc1NC(=O)c1coc(C(N)C(C)C)n1. The number of anilines is 1. The molecule has 0 spiro atoms. The zero-order chi connectivity index (χ0) is 15.4. The number of aromatic nitrogens is 1. The van der Waals surface area contributed by atoms with Crippen LogP contribution in [0.15, 0.2) is 34.9 Å². The Bertz CT molecular complexity index is 622. The molecule has 0 saturated heterocycles. The van der Waals surface area contributed by atoms with E-state index in [1.807, 2.05) is 19.9 Å². The molecule has 6 heteroatoms. The fraction of sp³-hybridized carbons (Fsp3) is 0.333. The van der Waals surface area contributed by atoms with Crippen molar-refractivity contribution >= 4 is 11.6 Å². The second-order valence-electron chi connectivity index (χ2n) is 5.00. The van der Waals surface area contributed by atoms with Gasteiger partial charge in [-0.1, -0.05) is 26.0 Å². The number of methoxy groups -OCH3 is 1. The number of carbonyl (C=O) groups excluding carboxylic acids is 1. The molecule has 1 aromatic heterocycles. The molecule has 3 N–H and O–H groups in total. The molecule has 0 fully saturated rings. The largest absolute Gasteiger partial charge is 0.495 e. The molecule has 0 aliphatic carbocycles. The van der Waals surface area contributed by atoms with Gasteiger partial charge in [0, 0.05) is 0 Å². The lowest BCUT2D eigenvalue weighted by Gasteiger charge is -2.10. The number of nitrogens with one attached hydrogen (secondary N) is 1. The zero-order valence-electron chi connectivity index (χ0n) is 12.3. The Hall–Kier alpha value is -2.34. The van der Waals surface area contributed by atoms with Crippen molar-refractivity contribution in [3.63, 3.8) is 0 Å². The van der Waals surface area contributed by atoms with E-state index in [-0.39, 0.29) is 23.6 Å². The molecule has 0 bridgehead atoms. The molecule has 1 heterocycles. The molecule has 2 rings (SSSR count). The number of para-hydroxylation sites is 2. The highest BCUT2D eigenvalue weighted by atomic mass is 16.5. The summed E-state index contributed by atoms with van der Waals surface area (Å²) in [6, 6.07) is 6.81. The number of nitrogens with two attached hydrogens (primary N) is 1.